The molecule has 2 atom stereocenters. The van der Waals surface area contributed by atoms with Crippen LogP contribution in [0.1, 0.15) is 91.9 Å². The molecule has 0 saturated carbocycles. The highest BCUT2D eigenvalue weighted by atomic mass is 16.5. The van der Waals surface area contributed by atoms with Crippen LogP contribution in [0.15, 0.2) is 0 Å². The number of aliphatic hydroxyl groups is 1. The summed E-state index contributed by atoms with van der Waals surface area (Å²) >= 11 is 0. The fraction of sp³-hybridized carbons (Fsp3) is 0.864. The van der Waals surface area contributed by atoms with Gasteiger partial charge in [-0.2, -0.15) is 0 Å². The number of ether oxygens (including phenoxy) is 2. The SMILES string of the molecule is CCCCC(CC)COC(=O)CC(O)(CC(=O)OCC(CC)CCCC)C(=O)O. The molecule has 2 N–H and O–H groups in total. The van der Waals surface area contributed by atoms with Crippen molar-refractivity contribution >= 4 is 17.9 Å². The lowest BCUT2D eigenvalue weighted by Crippen LogP contribution is -2.43. The lowest BCUT2D eigenvalue weighted by Gasteiger charge is -2.23. The number of carbonyl (C=O) groups is 3. The van der Waals surface area contributed by atoms with E-state index in [1.165, 1.54) is 0 Å². The highest BCUT2D eigenvalue weighted by Crippen LogP contribution is 2.20. The molecule has 0 aromatic rings. The van der Waals surface area contributed by atoms with Gasteiger partial charge in [-0.3, -0.25) is 9.59 Å². The summed E-state index contributed by atoms with van der Waals surface area (Å²) in [6, 6.07) is 0. The van der Waals surface area contributed by atoms with Crippen molar-refractivity contribution in [2.75, 3.05) is 13.2 Å². The first kappa shape index (κ1) is 27.4. The predicted molar refractivity (Wildman–Crippen MR) is 110 cm³/mol. The summed E-state index contributed by atoms with van der Waals surface area (Å²) < 4.78 is 10.3. The molecule has 7 heteroatoms. The largest absolute Gasteiger partial charge is 0.479 e. The van der Waals surface area contributed by atoms with Crippen LogP contribution in [0.25, 0.3) is 0 Å². The molecule has 0 aliphatic carbocycles. The van der Waals surface area contributed by atoms with Gasteiger partial charge in [-0.25, -0.2) is 4.79 Å². The second kappa shape index (κ2) is 15.2. The van der Waals surface area contributed by atoms with E-state index < -0.39 is 36.4 Å². The molecule has 0 aromatic heterocycles. The third kappa shape index (κ3) is 11.8. The van der Waals surface area contributed by atoms with Crippen LogP contribution >= 0.6 is 0 Å². The summed E-state index contributed by atoms with van der Waals surface area (Å²) in [5, 5.41) is 19.7. The van der Waals surface area contributed by atoms with Gasteiger partial charge in [0.25, 0.3) is 0 Å². The van der Waals surface area contributed by atoms with Crippen LogP contribution < -0.4 is 0 Å². The molecule has 0 heterocycles. The van der Waals surface area contributed by atoms with Gasteiger partial charge in [0.1, 0.15) is 0 Å². The minimum absolute atomic E-state index is 0.186. The van der Waals surface area contributed by atoms with Gasteiger partial charge >= 0.3 is 17.9 Å². The van der Waals surface area contributed by atoms with E-state index in [0.29, 0.717) is 0 Å². The maximum absolute atomic E-state index is 12.1. The Kier molecular flexibility index (Phi) is 14.4. The highest BCUT2D eigenvalue weighted by molar-refractivity contribution is 5.89. The number of carboxylic acid groups (broad SMARTS) is 1. The van der Waals surface area contributed by atoms with Crippen LogP contribution in [0.4, 0.5) is 0 Å². The molecule has 0 spiro atoms. The number of aliphatic carboxylic acids is 1. The topological polar surface area (TPSA) is 110 Å². The predicted octanol–water partition coefficient (Wildman–Crippen LogP) is 4.10. The van der Waals surface area contributed by atoms with Crippen molar-refractivity contribution in [1.82, 2.24) is 0 Å². The van der Waals surface area contributed by atoms with E-state index in [9.17, 15) is 24.6 Å². The van der Waals surface area contributed by atoms with Gasteiger partial charge in [0.05, 0.1) is 26.1 Å². The molecule has 2 unspecified atom stereocenters. The number of carbonyl (C=O) groups excluding carboxylic acids is 2. The number of carboxylic acids is 1. The van der Waals surface area contributed by atoms with Crippen LogP contribution in [0, 0.1) is 11.8 Å². The molecule has 0 saturated heterocycles. The smallest absolute Gasteiger partial charge is 0.336 e. The fourth-order valence-electron chi connectivity index (χ4n) is 3.01. The second-order valence-electron chi connectivity index (χ2n) is 7.89. The van der Waals surface area contributed by atoms with Gasteiger partial charge < -0.3 is 19.7 Å². The summed E-state index contributed by atoms with van der Waals surface area (Å²) in [5.41, 5.74) is -2.52. The van der Waals surface area contributed by atoms with Gasteiger partial charge in [0, 0.05) is 0 Å². The van der Waals surface area contributed by atoms with Crippen LogP contribution in [0.5, 0.6) is 0 Å². The summed E-state index contributed by atoms with van der Waals surface area (Å²) in [4.78, 5) is 35.6. The molecule has 170 valence electrons. The molecule has 0 radical (unpaired) electrons. The lowest BCUT2D eigenvalue weighted by atomic mass is 9.95. The number of hydrogen-bond acceptors (Lipinski definition) is 6. The van der Waals surface area contributed by atoms with Crippen molar-refractivity contribution in [3.8, 4) is 0 Å². The van der Waals surface area contributed by atoms with E-state index in [0.717, 1.165) is 51.4 Å². The van der Waals surface area contributed by atoms with Crippen LogP contribution in [0.2, 0.25) is 0 Å². The van der Waals surface area contributed by atoms with Gasteiger partial charge in [0.2, 0.25) is 0 Å². The Morgan fingerprint density at radius 1 is 0.793 bits per heavy atom. The van der Waals surface area contributed by atoms with Crippen molar-refractivity contribution in [2.24, 2.45) is 11.8 Å². The van der Waals surface area contributed by atoms with Gasteiger partial charge in [-0.05, 0) is 24.7 Å². The van der Waals surface area contributed by atoms with Crippen LogP contribution in [-0.2, 0) is 23.9 Å². The van der Waals surface area contributed by atoms with Crippen LogP contribution in [-0.4, -0.2) is 46.9 Å². The maximum atomic E-state index is 12.1. The first-order valence-corrected chi connectivity index (χ1v) is 11.0. The van der Waals surface area contributed by atoms with E-state index in [2.05, 4.69) is 13.8 Å². The van der Waals surface area contributed by atoms with Crippen molar-refractivity contribution in [1.29, 1.82) is 0 Å². The molecular formula is C22H40O7. The molecule has 0 aliphatic rings. The Morgan fingerprint density at radius 2 is 1.17 bits per heavy atom. The average Bonchev–Trinajstić information content (AvgIpc) is 2.68. The van der Waals surface area contributed by atoms with Crippen molar-refractivity contribution in [2.45, 2.75) is 97.5 Å². The Morgan fingerprint density at radius 3 is 1.45 bits per heavy atom. The van der Waals surface area contributed by atoms with E-state index >= 15 is 0 Å². The minimum Gasteiger partial charge on any atom is -0.479 e. The van der Waals surface area contributed by atoms with E-state index in [4.69, 9.17) is 9.47 Å². The molecular weight excluding hydrogens is 376 g/mol. The van der Waals surface area contributed by atoms with Crippen molar-refractivity contribution in [3.05, 3.63) is 0 Å². The third-order valence-electron chi connectivity index (χ3n) is 5.32. The molecule has 7 nitrogen and oxygen atoms in total. The zero-order valence-electron chi connectivity index (χ0n) is 18.6. The van der Waals surface area contributed by atoms with Gasteiger partial charge in [0.15, 0.2) is 5.60 Å². The Balaban J connectivity index is 4.65. The van der Waals surface area contributed by atoms with Crippen molar-refractivity contribution in [3.63, 3.8) is 0 Å². The molecule has 0 amide bonds. The quantitative estimate of drug-likeness (QED) is 0.343. The number of rotatable bonds is 17. The molecule has 0 fully saturated rings. The third-order valence-corrected chi connectivity index (χ3v) is 5.32. The maximum Gasteiger partial charge on any atom is 0.336 e. The van der Waals surface area contributed by atoms with Crippen LogP contribution in [0.3, 0.4) is 0 Å². The van der Waals surface area contributed by atoms with Crippen molar-refractivity contribution < 1.29 is 34.1 Å². The molecule has 0 bridgehead atoms. The Labute approximate surface area is 175 Å². The zero-order valence-corrected chi connectivity index (χ0v) is 18.6. The molecule has 0 rings (SSSR count). The zero-order chi connectivity index (χ0) is 22.3. The fourth-order valence-corrected chi connectivity index (χ4v) is 3.01. The molecule has 29 heavy (non-hydrogen) atoms. The number of hydrogen-bond donors (Lipinski definition) is 2. The van der Waals surface area contributed by atoms with E-state index in [1.807, 2.05) is 13.8 Å². The lowest BCUT2D eigenvalue weighted by molar-refractivity contribution is -0.174. The summed E-state index contributed by atoms with van der Waals surface area (Å²) in [6.45, 7) is 8.54. The standard InChI is InChI=1S/C22H40O7/c1-5-9-11-17(7-3)15-28-19(23)13-22(27,21(25)26)14-20(24)29-16-18(8-4)12-10-6-2/h17-18,27H,5-16H2,1-4H3,(H,25,26). The normalized spacial score (nSPS) is 15.2. The Bertz CT molecular complexity index is 456. The Hall–Kier alpha value is -1.63. The summed E-state index contributed by atoms with van der Waals surface area (Å²) in [5.74, 6) is -2.88. The van der Waals surface area contributed by atoms with Gasteiger partial charge in [-0.15, -0.1) is 0 Å². The number of unbranched alkanes of at least 4 members (excludes halogenated alkanes) is 2. The van der Waals surface area contributed by atoms with Gasteiger partial charge in [-0.1, -0.05) is 66.2 Å². The number of esters is 2. The highest BCUT2D eigenvalue weighted by Gasteiger charge is 2.42. The summed E-state index contributed by atoms with van der Waals surface area (Å²) in [6.07, 6.45) is 6.11. The minimum atomic E-state index is -2.52. The molecule has 0 aromatic carbocycles. The van der Waals surface area contributed by atoms with E-state index in [1.54, 1.807) is 0 Å². The first-order chi connectivity index (χ1) is 13.7. The molecule has 0 aliphatic heterocycles. The summed E-state index contributed by atoms with van der Waals surface area (Å²) in [7, 11) is 0. The van der Waals surface area contributed by atoms with E-state index in [-0.39, 0.29) is 25.0 Å². The average molecular weight is 417 g/mol. The second-order valence-corrected chi connectivity index (χ2v) is 7.89. The first-order valence-electron chi connectivity index (χ1n) is 11.0. The monoisotopic (exact) mass is 416 g/mol.